The third-order valence-corrected chi connectivity index (χ3v) is 16.2. The highest BCUT2D eigenvalue weighted by molar-refractivity contribution is 7.99. The monoisotopic (exact) mass is 1090 g/mol. The van der Waals surface area contributed by atoms with Gasteiger partial charge in [-0.3, -0.25) is 28.8 Å². The number of ether oxygens (including phenoxy) is 2. The molecule has 4 rings (SSSR count). The average Bonchev–Trinajstić information content (AvgIpc) is 3.41. The molecule has 5 atom stereocenters. The van der Waals surface area contributed by atoms with Crippen LogP contribution < -0.4 is 32.3 Å². The predicted molar refractivity (Wildman–Crippen MR) is 303 cm³/mol. The summed E-state index contributed by atoms with van der Waals surface area (Å²) in [6.07, 6.45) is 19.5. The number of rotatable bonds is 39. The third kappa shape index (κ3) is 27.6. The molecule has 0 aromatic heterocycles. The third-order valence-electron chi connectivity index (χ3n) is 14.2. The van der Waals surface area contributed by atoms with Gasteiger partial charge in [0.25, 0.3) is 0 Å². The molecule has 2 aromatic carbocycles. The number of aliphatic carboxylic acids is 1. The van der Waals surface area contributed by atoms with Crippen LogP contribution >= 0.6 is 23.5 Å². The number of thioether (sulfide) groups is 2. The lowest BCUT2D eigenvalue weighted by atomic mass is 9.85. The minimum Gasteiger partial charge on any atom is -0.480 e. The number of carboxylic acid groups (broad SMARTS) is 1. The minimum absolute atomic E-state index is 0.0223. The maximum absolute atomic E-state index is 14.0. The Kier molecular flexibility index (Phi) is 31.9. The van der Waals surface area contributed by atoms with Gasteiger partial charge >= 0.3 is 5.97 Å². The van der Waals surface area contributed by atoms with Crippen LogP contribution in [0.25, 0.3) is 0 Å². The Morgan fingerprint density at radius 3 is 1.37 bits per heavy atom. The summed E-state index contributed by atoms with van der Waals surface area (Å²) in [6, 6.07) is 13.4. The number of nitrogens with two attached hydrogens (primary N) is 1. The molecule has 0 radical (unpaired) electrons. The first-order valence-corrected chi connectivity index (χ1v) is 30.5. The Hall–Kier alpha value is -4.65. The molecule has 76 heavy (non-hydrogen) atoms. The van der Waals surface area contributed by atoms with E-state index in [1.54, 1.807) is 0 Å². The van der Waals surface area contributed by atoms with E-state index in [1.807, 2.05) is 74.5 Å². The SMILES string of the molecule is CC(C)C[C@H](NC(=O)[C@H](CSCCOCCOCCSC[C@H](NC(=O)CCCCC1CCCCC1)C(=O)N[C@@H](Cc1ccccc1)C(=O)O)NC(=O)CCCCC1CCCCC1)C(=O)N[C@@H](Cc1ccccc1)C(N)=O. The molecule has 2 aliphatic carbocycles. The van der Waals surface area contributed by atoms with Crippen molar-refractivity contribution in [3.8, 4) is 0 Å². The Labute approximate surface area is 461 Å². The van der Waals surface area contributed by atoms with Crippen LogP contribution in [-0.4, -0.2) is 126 Å². The second kappa shape index (κ2) is 38.0. The molecule has 0 heterocycles. The van der Waals surface area contributed by atoms with Crippen LogP contribution in [0.3, 0.4) is 0 Å². The Morgan fingerprint density at radius 2 is 0.947 bits per heavy atom. The summed E-state index contributed by atoms with van der Waals surface area (Å²) < 4.78 is 11.6. The number of amides is 6. The van der Waals surface area contributed by atoms with Crippen LogP contribution in [0.1, 0.15) is 147 Å². The molecule has 2 saturated carbocycles. The first-order valence-electron chi connectivity index (χ1n) is 28.2. The molecule has 16 nitrogen and oxygen atoms in total. The van der Waals surface area contributed by atoms with Gasteiger partial charge < -0.3 is 46.9 Å². The molecule has 2 fully saturated rings. The lowest BCUT2D eigenvalue weighted by Gasteiger charge is -2.26. The molecule has 0 unspecified atom stereocenters. The standard InChI is InChI=1S/C58H90N6O10S2/c1-42(2)37-48(55(68)62-47(54(59)67)38-45-25-11-5-12-26-45)63-56(69)50(60-52(65)29-17-15-23-43-19-7-3-8-20-43)40-75-35-33-73-31-32-74-34-36-76-41-51(61-53(66)30-18-16-24-44-21-9-4-10-22-44)57(70)64-49(58(71)72)39-46-27-13-6-14-28-46/h5-6,11-14,25-28,42-44,47-51H,3-4,7-10,15-24,29-41H2,1-2H3,(H2,59,67)(H,60,65)(H,61,66)(H,62,68)(H,63,69)(H,64,70)(H,71,72)/t47-,48-,49-,50-,51-/m0/s1. The molecule has 424 valence electrons. The number of nitrogens with one attached hydrogen (secondary N) is 5. The normalized spacial score (nSPS) is 16.1. The lowest BCUT2D eigenvalue weighted by molar-refractivity contribution is -0.142. The second-order valence-corrected chi connectivity index (χ2v) is 23.3. The topological polar surface area (TPSA) is 244 Å². The van der Waals surface area contributed by atoms with E-state index in [2.05, 4.69) is 26.6 Å². The van der Waals surface area contributed by atoms with Crippen molar-refractivity contribution >= 4 is 64.9 Å². The van der Waals surface area contributed by atoms with E-state index in [4.69, 9.17) is 15.2 Å². The summed E-state index contributed by atoms with van der Waals surface area (Å²) >= 11 is 2.87. The summed E-state index contributed by atoms with van der Waals surface area (Å²) in [6.45, 7) is 5.22. The molecule has 8 N–H and O–H groups in total. The number of hydrogen-bond donors (Lipinski definition) is 7. The maximum atomic E-state index is 14.0. The van der Waals surface area contributed by atoms with Crippen LogP contribution in [0, 0.1) is 17.8 Å². The Balaban J connectivity index is 1.21. The largest absolute Gasteiger partial charge is 0.480 e. The van der Waals surface area contributed by atoms with Gasteiger partial charge in [-0.15, -0.1) is 0 Å². The average molecular weight is 1100 g/mol. The van der Waals surface area contributed by atoms with Gasteiger partial charge in [0.05, 0.1) is 26.4 Å². The summed E-state index contributed by atoms with van der Waals surface area (Å²) in [5.74, 6) is -0.831. The highest BCUT2D eigenvalue weighted by Gasteiger charge is 2.31. The fraction of sp³-hybridized carbons (Fsp3) is 0.672. The predicted octanol–water partition coefficient (Wildman–Crippen LogP) is 7.29. The van der Waals surface area contributed by atoms with Crippen molar-refractivity contribution in [2.24, 2.45) is 23.5 Å². The van der Waals surface area contributed by atoms with Gasteiger partial charge in [-0.2, -0.15) is 23.5 Å². The van der Waals surface area contributed by atoms with E-state index in [-0.39, 0.29) is 42.1 Å². The summed E-state index contributed by atoms with van der Waals surface area (Å²) in [7, 11) is 0. The molecule has 18 heteroatoms. The summed E-state index contributed by atoms with van der Waals surface area (Å²) in [5, 5.41) is 24.1. The van der Waals surface area contributed by atoms with E-state index >= 15 is 0 Å². The summed E-state index contributed by atoms with van der Waals surface area (Å²) in [5.41, 5.74) is 7.31. The number of unbranched alkanes of at least 4 members (excludes halogenated alkanes) is 2. The first-order chi connectivity index (χ1) is 36.8. The molecule has 0 saturated heterocycles. The molecular weight excluding hydrogens is 1000 g/mol. The van der Waals surface area contributed by atoms with Gasteiger partial charge in [0.15, 0.2) is 0 Å². The van der Waals surface area contributed by atoms with E-state index in [0.29, 0.717) is 57.2 Å². The molecule has 0 bridgehead atoms. The zero-order valence-electron chi connectivity index (χ0n) is 45.4. The minimum atomic E-state index is -1.16. The van der Waals surface area contributed by atoms with Gasteiger partial charge in [-0.1, -0.05) is 164 Å². The highest BCUT2D eigenvalue weighted by atomic mass is 32.2. The Bertz CT molecular complexity index is 2010. The van der Waals surface area contributed by atoms with Crippen molar-refractivity contribution < 1.29 is 48.1 Å². The zero-order valence-corrected chi connectivity index (χ0v) is 47.0. The summed E-state index contributed by atoms with van der Waals surface area (Å²) in [4.78, 5) is 92.2. The van der Waals surface area contributed by atoms with Crippen LogP contribution in [0.15, 0.2) is 60.7 Å². The van der Waals surface area contributed by atoms with Crippen molar-refractivity contribution in [3.05, 3.63) is 71.8 Å². The first kappa shape index (κ1) is 63.9. The number of carbonyl (C=O) groups is 7. The Morgan fingerprint density at radius 1 is 0.539 bits per heavy atom. The maximum Gasteiger partial charge on any atom is 0.326 e. The molecule has 0 aliphatic heterocycles. The van der Waals surface area contributed by atoms with Crippen molar-refractivity contribution in [3.63, 3.8) is 0 Å². The second-order valence-electron chi connectivity index (χ2n) is 21.0. The molecule has 0 spiro atoms. The van der Waals surface area contributed by atoms with E-state index in [9.17, 15) is 38.7 Å². The molecule has 2 aliphatic rings. The van der Waals surface area contributed by atoms with Crippen molar-refractivity contribution in [2.45, 2.75) is 179 Å². The highest BCUT2D eigenvalue weighted by Crippen LogP contribution is 2.29. The van der Waals surface area contributed by atoms with Gasteiger partial charge in [0.1, 0.15) is 30.2 Å². The van der Waals surface area contributed by atoms with Crippen molar-refractivity contribution in [1.82, 2.24) is 26.6 Å². The number of hydrogen-bond acceptors (Lipinski definition) is 11. The fourth-order valence-electron chi connectivity index (χ4n) is 9.89. The van der Waals surface area contributed by atoms with Crippen LogP contribution in [0.5, 0.6) is 0 Å². The number of carbonyl (C=O) groups excluding carboxylic acids is 6. The smallest absolute Gasteiger partial charge is 0.326 e. The number of primary amides is 1. The number of carboxylic acids is 1. The van der Waals surface area contributed by atoms with Gasteiger partial charge in [0.2, 0.25) is 35.4 Å². The number of benzene rings is 2. The van der Waals surface area contributed by atoms with E-state index in [1.165, 1.54) is 87.7 Å². The van der Waals surface area contributed by atoms with Gasteiger partial charge in [0, 0.05) is 48.7 Å². The van der Waals surface area contributed by atoms with Crippen LogP contribution in [0.2, 0.25) is 0 Å². The van der Waals surface area contributed by atoms with Crippen molar-refractivity contribution in [1.29, 1.82) is 0 Å². The molecular formula is C58H90N6O10S2. The van der Waals surface area contributed by atoms with E-state index < -0.39 is 59.8 Å². The zero-order chi connectivity index (χ0) is 54.8. The van der Waals surface area contributed by atoms with Gasteiger partial charge in [-0.25, -0.2) is 4.79 Å². The molecule has 6 amide bonds. The van der Waals surface area contributed by atoms with Crippen LogP contribution in [-0.2, 0) is 55.9 Å². The van der Waals surface area contributed by atoms with Crippen LogP contribution in [0.4, 0.5) is 0 Å². The quantitative estimate of drug-likeness (QED) is 0.0327. The molecule has 2 aromatic rings. The fourth-order valence-corrected chi connectivity index (χ4v) is 11.6. The lowest BCUT2D eigenvalue weighted by Crippen LogP contribution is -2.57. The van der Waals surface area contributed by atoms with Gasteiger partial charge in [-0.05, 0) is 48.1 Å². The van der Waals surface area contributed by atoms with Crippen molar-refractivity contribution in [2.75, 3.05) is 49.4 Å². The van der Waals surface area contributed by atoms with E-state index in [0.717, 1.165) is 61.5 Å².